The van der Waals surface area contributed by atoms with Gasteiger partial charge in [0, 0.05) is 28.9 Å². The lowest BCUT2D eigenvalue weighted by atomic mass is 9.77. The Hall–Kier alpha value is -10.6. The van der Waals surface area contributed by atoms with E-state index in [0.29, 0.717) is 16.7 Å². The maximum Gasteiger partial charge on any atom is 0.339 e. The number of aromatic carboxylic acids is 1. The lowest BCUT2D eigenvalue weighted by Crippen LogP contribution is -2.52. The number of nitrogens with one attached hydrogen (secondary N) is 5. The van der Waals surface area contributed by atoms with Crippen molar-refractivity contribution in [2.24, 2.45) is 0 Å². The van der Waals surface area contributed by atoms with E-state index in [2.05, 4.69) is 39.7 Å². The molecule has 0 radical (unpaired) electrons. The molecule has 420 valence electrons. The molecule has 0 aliphatic carbocycles. The van der Waals surface area contributed by atoms with Gasteiger partial charge in [0.1, 0.15) is 30.4 Å². The van der Waals surface area contributed by atoms with Gasteiger partial charge in [-0.15, -0.1) is 0 Å². The molecule has 82 heavy (non-hydrogen) atoms. The van der Waals surface area contributed by atoms with Crippen molar-refractivity contribution >= 4 is 58.3 Å². The average molecular weight is 1110 g/mol. The lowest BCUT2D eigenvalue weighted by molar-refractivity contribution is -0.384. The zero-order valence-corrected chi connectivity index (χ0v) is 45.3. The molecule has 0 aromatic heterocycles. The smallest absolute Gasteiger partial charge is 0.339 e. The lowest BCUT2D eigenvalue weighted by Gasteiger charge is -2.37. The van der Waals surface area contributed by atoms with E-state index in [0.717, 1.165) is 12.1 Å². The van der Waals surface area contributed by atoms with E-state index in [4.69, 9.17) is 18.9 Å². The molecule has 7 aromatic carbocycles. The first-order chi connectivity index (χ1) is 39.4. The highest BCUT2D eigenvalue weighted by Gasteiger charge is 2.39. The van der Waals surface area contributed by atoms with Crippen LogP contribution in [0.4, 0.5) is 22.7 Å². The average Bonchev–Trinajstić information content (AvgIpc) is 3.66. The summed E-state index contributed by atoms with van der Waals surface area (Å²) >= 11 is 0. The van der Waals surface area contributed by atoms with Crippen molar-refractivity contribution in [1.82, 2.24) is 10.6 Å². The van der Waals surface area contributed by atoms with Gasteiger partial charge in [0.25, 0.3) is 23.4 Å². The van der Waals surface area contributed by atoms with E-state index in [-0.39, 0.29) is 81.2 Å². The number of hydrogen-bond acceptors (Lipinski definition) is 12. The van der Waals surface area contributed by atoms with Crippen LogP contribution in [0.1, 0.15) is 92.2 Å². The van der Waals surface area contributed by atoms with Crippen molar-refractivity contribution in [1.29, 1.82) is 0 Å². The third-order valence-corrected chi connectivity index (χ3v) is 12.3. The second kappa shape index (κ2) is 27.3. The van der Waals surface area contributed by atoms with Crippen LogP contribution in [0.5, 0.6) is 23.0 Å². The summed E-state index contributed by atoms with van der Waals surface area (Å²) in [5.41, 5.74) is 0.859. The SMILES string of the molecule is C=CCOc1c(C(=O)O)ccc(NC(=O)c2ccc(NC(=O)c3ccc(NC(=O)C(CC(=O)NC(c4ccccc4)(c4ccccc4)c4ccccc4)NC(=O)c4ccc([N+](=O)[O-])cc4)cc3)c(OC(C)C)c2OCC=C)c1OC(C)C. The zero-order valence-electron chi connectivity index (χ0n) is 45.3. The molecule has 0 saturated carbocycles. The molecule has 7 rings (SSSR count). The molecule has 5 amide bonds. The molecule has 19 nitrogen and oxygen atoms in total. The zero-order chi connectivity index (χ0) is 58.9. The number of carbonyl (C=O) groups is 6. The Morgan fingerprint density at radius 1 is 0.561 bits per heavy atom. The molecule has 0 fully saturated rings. The molecular formula is C63H60N6O13. The largest absolute Gasteiger partial charge is 0.485 e. The standard InChI is InChI=1S/C63H60N6O13/c1-7-36-79-54-48(60(73)66-51-35-33-49(62(75)76)55(80-37-8-2)57(51)82-40(5)6)32-34-50(56(54)81-39(3)4)65-58(71)41-24-28-46(29-25-41)64-61(74)52(67-59(72)42-26-30-47(31-27-42)69(77)78)38-53(70)68-63(43-18-12-9-13-19-43,44-20-14-10-15-21-44)45-22-16-11-17-23-45/h7-35,39-40,52H,1-2,36-38H2,3-6H3,(H,64,74)(H,65,71)(H,66,73)(H,67,72)(H,68,70)(H,75,76). The van der Waals surface area contributed by atoms with Crippen molar-refractivity contribution in [3.05, 3.63) is 238 Å². The van der Waals surface area contributed by atoms with Crippen LogP contribution in [-0.4, -0.2) is 77.0 Å². The predicted molar refractivity (Wildman–Crippen MR) is 310 cm³/mol. The van der Waals surface area contributed by atoms with Crippen molar-refractivity contribution < 1.29 is 57.7 Å². The van der Waals surface area contributed by atoms with Gasteiger partial charge in [-0.1, -0.05) is 116 Å². The molecule has 0 aliphatic rings. The Morgan fingerprint density at radius 3 is 1.45 bits per heavy atom. The number of rotatable bonds is 26. The van der Waals surface area contributed by atoms with Crippen LogP contribution < -0.4 is 45.5 Å². The summed E-state index contributed by atoms with van der Waals surface area (Å²) in [6.45, 7) is 14.1. The number of nitro groups is 1. The number of nitro benzene ring substituents is 1. The fourth-order valence-corrected chi connectivity index (χ4v) is 8.68. The Morgan fingerprint density at radius 2 is 1.00 bits per heavy atom. The van der Waals surface area contributed by atoms with Gasteiger partial charge in [0.15, 0.2) is 23.0 Å². The molecule has 19 heteroatoms. The molecule has 0 aliphatic heterocycles. The summed E-state index contributed by atoms with van der Waals surface area (Å²) in [5, 5.41) is 35.5. The number of carboxylic acids is 1. The van der Waals surface area contributed by atoms with E-state index in [9.17, 15) is 44.0 Å². The maximum atomic E-state index is 14.6. The number of non-ortho nitro benzene ring substituents is 1. The minimum absolute atomic E-state index is 0.00369. The quantitative estimate of drug-likeness (QED) is 0.0128. The molecule has 0 saturated heterocycles. The number of ether oxygens (including phenoxy) is 4. The second-order valence-corrected chi connectivity index (χ2v) is 18.9. The van der Waals surface area contributed by atoms with Crippen molar-refractivity contribution in [3.8, 4) is 23.0 Å². The summed E-state index contributed by atoms with van der Waals surface area (Å²) < 4.78 is 24.0. The number of benzene rings is 7. The van der Waals surface area contributed by atoms with Gasteiger partial charge >= 0.3 is 5.97 Å². The molecule has 0 heterocycles. The summed E-state index contributed by atoms with van der Waals surface area (Å²) in [6, 6.07) is 42.4. The maximum absolute atomic E-state index is 14.6. The van der Waals surface area contributed by atoms with Gasteiger partial charge in [-0.05, 0) is 105 Å². The third kappa shape index (κ3) is 14.4. The van der Waals surface area contributed by atoms with Crippen molar-refractivity contribution in [3.63, 3.8) is 0 Å². The summed E-state index contributed by atoms with van der Waals surface area (Å²) in [6.07, 6.45) is 1.34. The fraction of sp³-hybridized carbons (Fsp3) is 0.175. The van der Waals surface area contributed by atoms with Crippen LogP contribution in [0.2, 0.25) is 0 Å². The van der Waals surface area contributed by atoms with Gasteiger partial charge < -0.3 is 50.6 Å². The number of carboxylic acid groups (broad SMARTS) is 1. The van der Waals surface area contributed by atoms with E-state index in [1.807, 2.05) is 91.0 Å². The highest BCUT2D eigenvalue weighted by Crippen LogP contribution is 2.43. The predicted octanol–water partition coefficient (Wildman–Crippen LogP) is 10.7. The number of hydrogen-bond donors (Lipinski definition) is 6. The van der Waals surface area contributed by atoms with Gasteiger partial charge in [-0.3, -0.25) is 34.1 Å². The van der Waals surface area contributed by atoms with E-state index < -0.39 is 70.6 Å². The van der Waals surface area contributed by atoms with Gasteiger partial charge in [-0.25, -0.2) is 4.79 Å². The van der Waals surface area contributed by atoms with Crippen LogP contribution in [0.25, 0.3) is 0 Å². The highest BCUT2D eigenvalue weighted by atomic mass is 16.6. The number of carbonyl (C=O) groups excluding carboxylic acids is 5. The minimum Gasteiger partial charge on any atom is -0.485 e. The summed E-state index contributed by atoms with van der Waals surface area (Å²) in [5.74, 6) is -5.08. The Labute approximate surface area is 473 Å². The Kier molecular flexibility index (Phi) is 19.7. The first-order valence-electron chi connectivity index (χ1n) is 25.9. The van der Waals surface area contributed by atoms with Crippen LogP contribution in [0.3, 0.4) is 0 Å². The molecule has 1 atom stereocenters. The molecule has 6 N–H and O–H groups in total. The molecule has 0 bridgehead atoms. The molecule has 1 unspecified atom stereocenters. The normalized spacial score (nSPS) is 11.3. The first-order valence-corrected chi connectivity index (χ1v) is 25.9. The molecule has 0 spiro atoms. The van der Waals surface area contributed by atoms with Crippen LogP contribution in [0, 0.1) is 10.1 Å². The molecular weight excluding hydrogens is 1050 g/mol. The van der Waals surface area contributed by atoms with Gasteiger partial charge in [-0.2, -0.15) is 0 Å². The number of anilines is 3. The summed E-state index contributed by atoms with van der Waals surface area (Å²) in [7, 11) is 0. The van der Waals surface area contributed by atoms with E-state index in [1.54, 1.807) is 27.7 Å². The van der Waals surface area contributed by atoms with E-state index in [1.165, 1.54) is 72.8 Å². The van der Waals surface area contributed by atoms with Crippen molar-refractivity contribution in [2.45, 2.75) is 57.9 Å². The van der Waals surface area contributed by atoms with Crippen molar-refractivity contribution in [2.75, 3.05) is 29.2 Å². The topological polar surface area (TPSA) is 263 Å². The molecule has 7 aromatic rings. The van der Waals surface area contributed by atoms with Gasteiger partial charge in [0.2, 0.25) is 11.8 Å². The second-order valence-electron chi connectivity index (χ2n) is 18.9. The fourth-order valence-electron chi connectivity index (χ4n) is 8.68. The van der Waals surface area contributed by atoms with E-state index >= 15 is 0 Å². The van der Waals surface area contributed by atoms with Crippen LogP contribution >= 0.6 is 0 Å². The summed E-state index contributed by atoms with van der Waals surface area (Å²) in [4.78, 5) is 94.1. The third-order valence-electron chi connectivity index (χ3n) is 12.3. The number of amides is 5. The Balaban J connectivity index is 1.16. The van der Waals surface area contributed by atoms with Crippen LogP contribution in [0.15, 0.2) is 189 Å². The van der Waals surface area contributed by atoms with Gasteiger partial charge in [0.05, 0.1) is 40.5 Å². The van der Waals surface area contributed by atoms with Crippen LogP contribution in [-0.2, 0) is 15.1 Å². The monoisotopic (exact) mass is 1110 g/mol. The Bertz CT molecular complexity index is 3370. The first kappa shape index (κ1) is 59.1. The minimum atomic E-state index is -1.52. The number of nitrogens with zero attached hydrogens (tertiary/aromatic N) is 1. The highest BCUT2D eigenvalue weighted by molar-refractivity contribution is 6.11.